The van der Waals surface area contributed by atoms with Crippen molar-refractivity contribution < 1.29 is 13.9 Å². The van der Waals surface area contributed by atoms with Crippen molar-refractivity contribution in [2.45, 2.75) is 12.8 Å². The van der Waals surface area contributed by atoms with Gasteiger partial charge in [0.25, 0.3) is 0 Å². The van der Waals surface area contributed by atoms with Gasteiger partial charge < -0.3 is 15.4 Å². The van der Waals surface area contributed by atoms with Crippen molar-refractivity contribution in [1.29, 1.82) is 0 Å². The minimum absolute atomic E-state index is 0.121. The van der Waals surface area contributed by atoms with E-state index in [0.29, 0.717) is 12.1 Å². The van der Waals surface area contributed by atoms with Gasteiger partial charge in [-0.3, -0.25) is 4.79 Å². The summed E-state index contributed by atoms with van der Waals surface area (Å²) >= 11 is 0. The highest BCUT2D eigenvalue weighted by Crippen LogP contribution is 2.20. The van der Waals surface area contributed by atoms with E-state index >= 15 is 0 Å². The largest absolute Gasteiger partial charge is 0.494 e. The van der Waals surface area contributed by atoms with E-state index in [1.807, 2.05) is 7.05 Å². The van der Waals surface area contributed by atoms with Crippen LogP contribution in [0, 0.1) is 5.82 Å². The third-order valence-corrected chi connectivity index (χ3v) is 2.27. The Balaban J connectivity index is 2.51. The van der Waals surface area contributed by atoms with Gasteiger partial charge in [0, 0.05) is 18.2 Å². The van der Waals surface area contributed by atoms with E-state index in [1.165, 1.54) is 19.2 Å². The molecule has 0 bridgehead atoms. The number of benzene rings is 1. The fraction of sp³-hybridized carbons (Fsp3) is 0.417. The molecule has 0 saturated carbocycles. The van der Waals surface area contributed by atoms with Crippen LogP contribution in [0.2, 0.25) is 0 Å². The highest BCUT2D eigenvalue weighted by atomic mass is 19.1. The van der Waals surface area contributed by atoms with Crippen molar-refractivity contribution in [3.8, 4) is 5.75 Å². The van der Waals surface area contributed by atoms with Crippen molar-refractivity contribution in [2.75, 3.05) is 26.0 Å². The van der Waals surface area contributed by atoms with E-state index in [2.05, 4.69) is 10.6 Å². The van der Waals surface area contributed by atoms with Crippen molar-refractivity contribution in [2.24, 2.45) is 0 Å². The Labute approximate surface area is 100 Å². The third kappa shape index (κ3) is 4.40. The maximum absolute atomic E-state index is 13.3. The molecule has 0 aliphatic heterocycles. The highest BCUT2D eigenvalue weighted by molar-refractivity contribution is 5.90. The predicted octanol–water partition coefficient (Wildman–Crippen LogP) is 1.77. The fourth-order valence-corrected chi connectivity index (χ4v) is 1.39. The molecule has 1 amide bonds. The molecule has 0 fully saturated rings. The average molecular weight is 240 g/mol. The molecular formula is C12H17FN2O2. The van der Waals surface area contributed by atoms with Gasteiger partial charge in [-0.25, -0.2) is 4.39 Å². The Morgan fingerprint density at radius 2 is 2.24 bits per heavy atom. The number of nitrogens with one attached hydrogen (secondary N) is 2. The maximum atomic E-state index is 13.3. The molecule has 94 valence electrons. The minimum Gasteiger partial charge on any atom is -0.494 e. The molecule has 0 aromatic heterocycles. The number of methoxy groups -OCH3 is 1. The monoisotopic (exact) mass is 240 g/mol. The first kappa shape index (κ1) is 13.4. The Morgan fingerprint density at radius 3 is 2.82 bits per heavy atom. The lowest BCUT2D eigenvalue weighted by Gasteiger charge is -2.07. The molecule has 0 aliphatic carbocycles. The first-order valence-corrected chi connectivity index (χ1v) is 5.45. The van der Waals surface area contributed by atoms with Crippen LogP contribution in [0.4, 0.5) is 10.1 Å². The molecule has 1 aromatic carbocycles. The van der Waals surface area contributed by atoms with Crippen LogP contribution in [0.25, 0.3) is 0 Å². The van der Waals surface area contributed by atoms with Crippen LogP contribution in [0.1, 0.15) is 12.8 Å². The van der Waals surface area contributed by atoms with E-state index < -0.39 is 5.82 Å². The third-order valence-electron chi connectivity index (χ3n) is 2.27. The van der Waals surface area contributed by atoms with Crippen LogP contribution in [0.15, 0.2) is 18.2 Å². The van der Waals surface area contributed by atoms with Gasteiger partial charge in [-0.05, 0) is 32.1 Å². The van der Waals surface area contributed by atoms with E-state index in [1.54, 1.807) is 6.07 Å². The molecule has 0 saturated heterocycles. The van der Waals surface area contributed by atoms with Gasteiger partial charge in [-0.1, -0.05) is 0 Å². The van der Waals surface area contributed by atoms with E-state index in [-0.39, 0.29) is 11.7 Å². The summed E-state index contributed by atoms with van der Waals surface area (Å²) in [7, 11) is 3.23. The maximum Gasteiger partial charge on any atom is 0.224 e. The molecule has 0 spiro atoms. The summed E-state index contributed by atoms with van der Waals surface area (Å²) in [6.07, 6.45) is 1.16. The van der Waals surface area contributed by atoms with Crippen LogP contribution in [-0.2, 0) is 4.79 Å². The quantitative estimate of drug-likeness (QED) is 0.745. The van der Waals surface area contributed by atoms with Gasteiger partial charge in [-0.15, -0.1) is 0 Å². The average Bonchev–Trinajstić information content (AvgIpc) is 2.29. The number of ether oxygens (including phenoxy) is 1. The molecule has 1 rings (SSSR count). The van der Waals surface area contributed by atoms with Crippen molar-refractivity contribution >= 4 is 11.6 Å². The van der Waals surface area contributed by atoms with Gasteiger partial charge in [0.1, 0.15) is 0 Å². The van der Waals surface area contributed by atoms with Crippen LogP contribution in [0.5, 0.6) is 5.75 Å². The number of rotatable bonds is 6. The Hall–Kier alpha value is -1.62. The van der Waals surface area contributed by atoms with Gasteiger partial charge in [0.2, 0.25) is 5.91 Å². The Kier molecular flexibility index (Phi) is 5.42. The zero-order valence-corrected chi connectivity index (χ0v) is 10.0. The molecular weight excluding hydrogens is 223 g/mol. The van der Waals surface area contributed by atoms with Crippen LogP contribution >= 0.6 is 0 Å². The van der Waals surface area contributed by atoms with Gasteiger partial charge in [-0.2, -0.15) is 0 Å². The molecule has 0 radical (unpaired) electrons. The van der Waals surface area contributed by atoms with Gasteiger partial charge >= 0.3 is 0 Å². The highest BCUT2D eigenvalue weighted by Gasteiger charge is 2.06. The van der Waals surface area contributed by atoms with E-state index in [9.17, 15) is 9.18 Å². The zero-order chi connectivity index (χ0) is 12.7. The number of hydrogen-bond donors (Lipinski definition) is 2. The topological polar surface area (TPSA) is 50.4 Å². The molecule has 2 N–H and O–H groups in total. The van der Waals surface area contributed by atoms with E-state index in [4.69, 9.17) is 4.74 Å². The van der Waals surface area contributed by atoms with Crippen LogP contribution < -0.4 is 15.4 Å². The summed E-state index contributed by atoms with van der Waals surface area (Å²) in [4.78, 5) is 11.5. The second kappa shape index (κ2) is 6.85. The number of halogens is 1. The fourth-order valence-electron chi connectivity index (χ4n) is 1.39. The normalized spacial score (nSPS) is 10.1. The number of anilines is 1. The van der Waals surface area contributed by atoms with Crippen LogP contribution in [0.3, 0.4) is 0 Å². The lowest BCUT2D eigenvalue weighted by molar-refractivity contribution is -0.116. The summed E-state index contributed by atoms with van der Waals surface area (Å²) in [5.74, 6) is -0.441. The van der Waals surface area contributed by atoms with Crippen molar-refractivity contribution in [3.63, 3.8) is 0 Å². The predicted molar refractivity (Wildman–Crippen MR) is 64.7 cm³/mol. The summed E-state index contributed by atoms with van der Waals surface area (Å²) < 4.78 is 18.1. The smallest absolute Gasteiger partial charge is 0.224 e. The first-order valence-electron chi connectivity index (χ1n) is 5.45. The van der Waals surface area contributed by atoms with Gasteiger partial charge in [0.05, 0.1) is 7.11 Å². The van der Waals surface area contributed by atoms with Crippen molar-refractivity contribution in [3.05, 3.63) is 24.0 Å². The Morgan fingerprint density at radius 1 is 1.47 bits per heavy atom. The molecule has 0 atom stereocenters. The summed E-state index contributed by atoms with van der Waals surface area (Å²) in [5, 5.41) is 5.59. The number of hydrogen-bond acceptors (Lipinski definition) is 3. The number of carbonyl (C=O) groups excluding carboxylic acids is 1. The lowest BCUT2D eigenvalue weighted by Crippen LogP contribution is -2.15. The molecule has 0 aliphatic rings. The molecule has 0 unspecified atom stereocenters. The SMILES string of the molecule is CNCCCC(=O)Nc1ccc(OC)c(F)c1. The summed E-state index contributed by atoms with van der Waals surface area (Å²) in [5.41, 5.74) is 0.442. The van der Waals surface area contributed by atoms with Crippen molar-refractivity contribution in [1.82, 2.24) is 5.32 Å². The second-order valence-corrected chi connectivity index (χ2v) is 3.60. The van der Waals surface area contributed by atoms with E-state index in [0.717, 1.165) is 13.0 Å². The standard InChI is InChI=1S/C12H17FN2O2/c1-14-7-3-4-12(16)15-9-5-6-11(17-2)10(13)8-9/h5-6,8,14H,3-4,7H2,1-2H3,(H,15,16). The lowest BCUT2D eigenvalue weighted by atomic mass is 10.2. The molecule has 4 nitrogen and oxygen atoms in total. The molecule has 0 heterocycles. The second-order valence-electron chi connectivity index (χ2n) is 3.60. The molecule has 17 heavy (non-hydrogen) atoms. The summed E-state index contributed by atoms with van der Waals surface area (Å²) in [6.45, 7) is 0.782. The summed E-state index contributed by atoms with van der Waals surface area (Å²) in [6, 6.07) is 4.34. The zero-order valence-electron chi connectivity index (χ0n) is 10.0. The minimum atomic E-state index is -0.486. The molecule has 1 aromatic rings. The number of carbonyl (C=O) groups is 1. The van der Waals surface area contributed by atoms with Crippen LogP contribution in [-0.4, -0.2) is 26.6 Å². The first-order chi connectivity index (χ1) is 8.17. The molecule has 5 heteroatoms. The van der Waals surface area contributed by atoms with Gasteiger partial charge in [0.15, 0.2) is 11.6 Å². The number of amides is 1. The Bertz CT molecular complexity index is 383.